The van der Waals surface area contributed by atoms with Crippen molar-refractivity contribution < 1.29 is 4.79 Å². The van der Waals surface area contributed by atoms with Crippen LogP contribution in [0, 0.1) is 0 Å². The Bertz CT molecular complexity index is 475. The Morgan fingerprint density at radius 2 is 2.31 bits per heavy atom. The van der Waals surface area contributed by atoms with Crippen molar-refractivity contribution in [2.45, 2.75) is 6.92 Å². The number of aromatic nitrogens is 2. The van der Waals surface area contributed by atoms with E-state index in [2.05, 4.69) is 25.9 Å². The van der Waals surface area contributed by atoms with Gasteiger partial charge in [0, 0.05) is 11.4 Å². The molecule has 3 nitrogen and oxygen atoms in total. The van der Waals surface area contributed by atoms with Gasteiger partial charge in [-0.3, -0.25) is 4.79 Å². The Balaban J connectivity index is 2.68. The molecular weight excluding hydrogens is 232 g/mol. The van der Waals surface area contributed by atoms with Crippen molar-refractivity contribution in [3.63, 3.8) is 0 Å². The maximum Gasteiger partial charge on any atom is 0.195 e. The van der Waals surface area contributed by atoms with Gasteiger partial charge in [-0.25, -0.2) is 4.98 Å². The van der Waals surface area contributed by atoms with Crippen molar-refractivity contribution in [1.82, 2.24) is 9.97 Å². The number of halogens is 1. The molecule has 0 atom stereocenters. The molecule has 0 spiro atoms. The first-order chi connectivity index (χ1) is 6.16. The van der Waals surface area contributed by atoms with E-state index in [0.717, 1.165) is 15.5 Å². The number of rotatable bonds is 1. The van der Waals surface area contributed by atoms with Gasteiger partial charge in [-0.15, -0.1) is 0 Å². The van der Waals surface area contributed by atoms with Gasteiger partial charge in [0.1, 0.15) is 0 Å². The van der Waals surface area contributed by atoms with Crippen molar-refractivity contribution in [1.29, 1.82) is 0 Å². The maximum absolute atomic E-state index is 11.0. The number of carbonyl (C=O) groups is 1. The number of nitrogens with zero attached hydrogens (tertiary/aromatic N) is 1. The van der Waals surface area contributed by atoms with E-state index in [-0.39, 0.29) is 5.78 Å². The van der Waals surface area contributed by atoms with Crippen LogP contribution in [0.3, 0.4) is 0 Å². The Morgan fingerprint density at radius 3 is 3.00 bits per heavy atom. The van der Waals surface area contributed by atoms with Gasteiger partial charge in [-0.1, -0.05) is 15.9 Å². The minimum atomic E-state index is -0.0488. The number of nitrogens with one attached hydrogen (secondary N) is 1. The van der Waals surface area contributed by atoms with Crippen LogP contribution in [0.2, 0.25) is 0 Å². The molecule has 0 aliphatic carbocycles. The van der Waals surface area contributed by atoms with Crippen LogP contribution < -0.4 is 0 Å². The molecule has 1 N–H and O–H groups in total. The molecule has 66 valence electrons. The third-order valence-electron chi connectivity index (χ3n) is 1.78. The molecule has 0 bridgehead atoms. The van der Waals surface area contributed by atoms with Crippen LogP contribution in [-0.4, -0.2) is 15.8 Å². The summed E-state index contributed by atoms with van der Waals surface area (Å²) in [5.41, 5.74) is 1.69. The van der Waals surface area contributed by atoms with Crippen LogP contribution in [0.4, 0.5) is 0 Å². The number of imidazole rings is 1. The average Bonchev–Trinajstić information content (AvgIpc) is 2.46. The first-order valence-corrected chi connectivity index (χ1v) is 4.62. The largest absolute Gasteiger partial charge is 0.335 e. The fourth-order valence-electron chi connectivity index (χ4n) is 1.15. The molecule has 2 aromatic rings. The zero-order valence-electron chi connectivity index (χ0n) is 6.97. The summed E-state index contributed by atoms with van der Waals surface area (Å²) >= 11 is 3.35. The lowest BCUT2D eigenvalue weighted by molar-refractivity contribution is 0.100. The van der Waals surface area contributed by atoms with E-state index in [1.807, 2.05) is 18.2 Å². The maximum atomic E-state index is 11.0. The molecule has 0 saturated heterocycles. The third-order valence-corrected chi connectivity index (χ3v) is 2.27. The van der Waals surface area contributed by atoms with Gasteiger partial charge >= 0.3 is 0 Å². The van der Waals surface area contributed by atoms with E-state index in [9.17, 15) is 4.79 Å². The normalized spacial score (nSPS) is 10.6. The fraction of sp³-hybridized carbons (Fsp3) is 0.111. The zero-order chi connectivity index (χ0) is 9.42. The lowest BCUT2D eigenvalue weighted by Crippen LogP contribution is -1.93. The Hall–Kier alpha value is -1.16. The molecule has 1 aromatic heterocycles. The van der Waals surface area contributed by atoms with Crippen molar-refractivity contribution in [3.05, 3.63) is 28.5 Å². The smallest absolute Gasteiger partial charge is 0.195 e. The van der Waals surface area contributed by atoms with Crippen LogP contribution in [-0.2, 0) is 0 Å². The topological polar surface area (TPSA) is 45.8 Å². The molecule has 1 heterocycles. The van der Waals surface area contributed by atoms with Crippen LogP contribution in [0.1, 0.15) is 17.5 Å². The van der Waals surface area contributed by atoms with E-state index in [1.165, 1.54) is 6.92 Å². The second-order valence-corrected chi connectivity index (χ2v) is 3.72. The summed E-state index contributed by atoms with van der Waals surface area (Å²) in [6, 6.07) is 5.66. The number of hydrogen-bond acceptors (Lipinski definition) is 2. The lowest BCUT2D eigenvalue weighted by atomic mass is 10.3. The molecule has 1 aromatic carbocycles. The summed E-state index contributed by atoms with van der Waals surface area (Å²) in [5, 5.41) is 0. The van der Waals surface area contributed by atoms with Gasteiger partial charge in [0.15, 0.2) is 11.6 Å². The SMILES string of the molecule is CC(=O)c1nc2ccc(Br)cc2[nH]1. The minimum Gasteiger partial charge on any atom is -0.335 e. The summed E-state index contributed by atoms with van der Waals surface area (Å²) in [6.45, 7) is 1.49. The molecule has 0 radical (unpaired) electrons. The second-order valence-electron chi connectivity index (χ2n) is 2.80. The molecule has 0 fully saturated rings. The molecule has 0 saturated carbocycles. The Labute approximate surface area is 83.3 Å². The van der Waals surface area contributed by atoms with Gasteiger partial charge in [-0.05, 0) is 18.2 Å². The highest BCUT2D eigenvalue weighted by molar-refractivity contribution is 9.10. The molecular formula is C9H7BrN2O. The molecule has 2 rings (SSSR count). The van der Waals surface area contributed by atoms with Gasteiger partial charge in [0.05, 0.1) is 11.0 Å². The van der Waals surface area contributed by atoms with E-state index in [0.29, 0.717) is 5.82 Å². The predicted molar refractivity (Wildman–Crippen MR) is 53.8 cm³/mol. The summed E-state index contributed by atoms with van der Waals surface area (Å²) in [5.74, 6) is 0.362. The van der Waals surface area contributed by atoms with E-state index in [1.54, 1.807) is 0 Å². The standard InChI is InChI=1S/C9H7BrN2O/c1-5(13)9-11-7-3-2-6(10)4-8(7)12-9/h2-4H,1H3,(H,11,12). The van der Waals surface area contributed by atoms with E-state index in [4.69, 9.17) is 0 Å². The molecule has 0 unspecified atom stereocenters. The highest BCUT2D eigenvalue weighted by Gasteiger charge is 2.05. The van der Waals surface area contributed by atoms with Crippen LogP contribution in [0.15, 0.2) is 22.7 Å². The van der Waals surface area contributed by atoms with E-state index < -0.39 is 0 Å². The lowest BCUT2D eigenvalue weighted by Gasteiger charge is -1.87. The van der Waals surface area contributed by atoms with Crippen LogP contribution in [0.25, 0.3) is 11.0 Å². The molecule has 0 aliphatic heterocycles. The van der Waals surface area contributed by atoms with Gasteiger partial charge in [0.2, 0.25) is 0 Å². The highest BCUT2D eigenvalue weighted by atomic mass is 79.9. The molecule has 0 amide bonds. The number of aromatic amines is 1. The zero-order valence-corrected chi connectivity index (χ0v) is 8.55. The summed E-state index contributed by atoms with van der Waals surface area (Å²) in [4.78, 5) is 18.1. The number of hydrogen-bond donors (Lipinski definition) is 1. The number of H-pyrrole nitrogens is 1. The summed E-state index contributed by atoms with van der Waals surface area (Å²) in [6.07, 6.45) is 0. The van der Waals surface area contributed by atoms with Crippen LogP contribution in [0.5, 0.6) is 0 Å². The van der Waals surface area contributed by atoms with Crippen molar-refractivity contribution in [2.24, 2.45) is 0 Å². The quantitative estimate of drug-likeness (QED) is 0.777. The second kappa shape index (κ2) is 2.96. The van der Waals surface area contributed by atoms with Crippen molar-refractivity contribution in [3.8, 4) is 0 Å². The average molecular weight is 239 g/mol. The van der Waals surface area contributed by atoms with Gasteiger partial charge < -0.3 is 4.98 Å². The summed E-state index contributed by atoms with van der Waals surface area (Å²) in [7, 11) is 0. The van der Waals surface area contributed by atoms with Crippen LogP contribution >= 0.6 is 15.9 Å². The van der Waals surface area contributed by atoms with Crippen molar-refractivity contribution >= 4 is 32.7 Å². The first kappa shape index (κ1) is 8.44. The number of benzene rings is 1. The predicted octanol–water partition coefficient (Wildman–Crippen LogP) is 2.53. The third kappa shape index (κ3) is 1.49. The number of carbonyl (C=O) groups excluding carboxylic acids is 1. The fourth-order valence-corrected chi connectivity index (χ4v) is 1.51. The number of fused-ring (bicyclic) bond motifs is 1. The number of ketones is 1. The number of Topliss-reactive ketones (excluding diaryl/α,β-unsaturated/α-hetero) is 1. The van der Waals surface area contributed by atoms with Gasteiger partial charge in [-0.2, -0.15) is 0 Å². The monoisotopic (exact) mass is 238 g/mol. The van der Waals surface area contributed by atoms with Gasteiger partial charge in [0.25, 0.3) is 0 Å². The van der Waals surface area contributed by atoms with Crippen molar-refractivity contribution in [2.75, 3.05) is 0 Å². The highest BCUT2D eigenvalue weighted by Crippen LogP contribution is 2.17. The minimum absolute atomic E-state index is 0.0488. The first-order valence-electron chi connectivity index (χ1n) is 3.83. The summed E-state index contributed by atoms with van der Waals surface area (Å²) < 4.78 is 0.971. The molecule has 13 heavy (non-hydrogen) atoms. The Morgan fingerprint density at radius 1 is 1.54 bits per heavy atom. The Kier molecular flexibility index (Phi) is 1.92. The molecule has 4 heteroatoms. The van der Waals surface area contributed by atoms with E-state index >= 15 is 0 Å². The molecule has 0 aliphatic rings.